The fourth-order valence-corrected chi connectivity index (χ4v) is 5.82. The first kappa shape index (κ1) is 27.2. The SMILES string of the molecule is C=CCc1ccccc1OCCOc1c(I)cc(/C=C2\SC(=S)N(Cc3ccccc3)C2=O)cc1OC. The van der Waals surface area contributed by atoms with Gasteiger partial charge in [-0.05, 0) is 70.0 Å². The van der Waals surface area contributed by atoms with Gasteiger partial charge in [-0.15, -0.1) is 6.58 Å². The van der Waals surface area contributed by atoms with Crippen molar-refractivity contribution >= 4 is 62.9 Å². The van der Waals surface area contributed by atoms with E-state index in [0.29, 0.717) is 40.5 Å². The molecule has 4 rings (SSSR count). The van der Waals surface area contributed by atoms with Gasteiger partial charge in [-0.25, -0.2) is 0 Å². The van der Waals surface area contributed by atoms with Gasteiger partial charge < -0.3 is 14.2 Å². The van der Waals surface area contributed by atoms with Gasteiger partial charge in [0.1, 0.15) is 23.3 Å². The van der Waals surface area contributed by atoms with Crippen molar-refractivity contribution in [2.45, 2.75) is 13.0 Å². The smallest absolute Gasteiger partial charge is 0.266 e. The first-order valence-corrected chi connectivity index (χ1v) is 13.9. The number of benzene rings is 3. The van der Waals surface area contributed by atoms with E-state index in [4.69, 9.17) is 26.4 Å². The summed E-state index contributed by atoms with van der Waals surface area (Å²) in [4.78, 5) is 15.3. The first-order chi connectivity index (χ1) is 18.0. The number of amides is 1. The topological polar surface area (TPSA) is 48.0 Å². The van der Waals surface area contributed by atoms with E-state index < -0.39 is 0 Å². The van der Waals surface area contributed by atoms with Gasteiger partial charge in [0.05, 0.1) is 22.1 Å². The summed E-state index contributed by atoms with van der Waals surface area (Å²) in [5, 5.41) is 0. The Morgan fingerprint density at radius 2 is 1.76 bits per heavy atom. The van der Waals surface area contributed by atoms with Crippen LogP contribution in [0.4, 0.5) is 0 Å². The molecule has 0 spiro atoms. The standard InChI is InChI=1S/C29H26INO4S2/c1-3-9-22-12-7-8-13-24(22)34-14-15-35-27-23(30)16-21(17-25(27)33-2)18-26-28(32)31(29(36)37-26)19-20-10-5-4-6-11-20/h3-8,10-13,16-18H,1,9,14-15,19H2,2H3/b26-18-. The molecule has 1 heterocycles. The van der Waals surface area contributed by atoms with Crippen molar-refractivity contribution < 1.29 is 19.0 Å². The van der Waals surface area contributed by atoms with Crippen molar-refractivity contribution in [3.05, 3.63) is 105 Å². The number of carbonyl (C=O) groups is 1. The molecule has 0 aromatic heterocycles. The zero-order valence-corrected chi connectivity index (χ0v) is 24.1. The van der Waals surface area contributed by atoms with Crippen LogP contribution in [0, 0.1) is 3.57 Å². The second-order valence-electron chi connectivity index (χ2n) is 8.09. The van der Waals surface area contributed by atoms with Crippen LogP contribution in [0.2, 0.25) is 0 Å². The van der Waals surface area contributed by atoms with Crippen LogP contribution < -0.4 is 14.2 Å². The summed E-state index contributed by atoms with van der Waals surface area (Å²) in [5.74, 6) is 1.96. The number of thiocarbonyl (C=S) groups is 1. The zero-order valence-electron chi connectivity index (χ0n) is 20.3. The van der Waals surface area contributed by atoms with Crippen LogP contribution in [0.1, 0.15) is 16.7 Å². The molecule has 190 valence electrons. The molecule has 3 aromatic carbocycles. The third kappa shape index (κ3) is 6.94. The van der Waals surface area contributed by atoms with Gasteiger partial charge in [-0.2, -0.15) is 0 Å². The van der Waals surface area contributed by atoms with Crippen LogP contribution >= 0.6 is 46.6 Å². The lowest BCUT2D eigenvalue weighted by Crippen LogP contribution is -2.27. The van der Waals surface area contributed by atoms with Crippen LogP contribution in [0.25, 0.3) is 6.08 Å². The Morgan fingerprint density at radius 1 is 1.03 bits per heavy atom. The van der Waals surface area contributed by atoms with Gasteiger partial charge >= 0.3 is 0 Å². The molecule has 0 N–H and O–H groups in total. The predicted molar refractivity (Wildman–Crippen MR) is 162 cm³/mol. The summed E-state index contributed by atoms with van der Waals surface area (Å²) in [5.41, 5.74) is 2.96. The molecule has 1 fully saturated rings. The minimum absolute atomic E-state index is 0.0953. The molecule has 1 saturated heterocycles. The lowest BCUT2D eigenvalue weighted by molar-refractivity contribution is -0.122. The first-order valence-electron chi connectivity index (χ1n) is 11.6. The number of allylic oxidation sites excluding steroid dienone is 1. The number of hydrogen-bond acceptors (Lipinski definition) is 6. The van der Waals surface area contributed by atoms with Crippen molar-refractivity contribution in [2.75, 3.05) is 20.3 Å². The normalized spacial score (nSPS) is 14.2. The molecule has 8 heteroatoms. The van der Waals surface area contributed by atoms with E-state index in [1.165, 1.54) is 11.8 Å². The summed E-state index contributed by atoms with van der Waals surface area (Å²) >= 11 is 9.01. The number of methoxy groups -OCH3 is 1. The van der Waals surface area contributed by atoms with E-state index in [9.17, 15) is 4.79 Å². The molecule has 0 saturated carbocycles. The number of thioether (sulfide) groups is 1. The Kier molecular flexibility index (Phi) is 9.65. The van der Waals surface area contributed by atoms with E-state index in [1.807, 2.05) is 78.9 Å². The highest BCUT2D eigenvalue weighted by molar-refractivity contribution is 14.1. The highest BCUT2D eigenvalue weighted by Gasteiger charge is 2.32. The fourth-order valence-electron chi connectivity index (χ4n) is 3.78. The highest BCUT2D eigenvalue weighted by atomic mass is 127. The van der Waals surface area contributed by atoms with E-state index in [1.54, 1.807) is 12.0 Å². The average molecular weight is 644 g/mol. The van der Waals surface area contributed by atoms with E-state index in [-0.39, 0.29) is 5.91 Å². The molecule has 0 atom stereocenters. The summed E-state index contributed by atoms with van der Waals surface area (Å²) in [7, 11) is 1.60. The van der Waals surface area contributed by atoms with Crippen LogP contribution in [0.5, 0.6) is 17.2 Å². The fraction of sp³-hybridized carbons (Fsp3) is 0.172. The van der Waals surface area contributed by atoms with Crippen molar-refractivity contribution in [1.82, 2.24) is 4.90 Å². The van der Waals surface area contributed by atoms with Crippen molar-refractivity contribution in [3.63, 3.8) is 0 Å². The molecule has 3 aromatic rings. The number of ether oxygens (including phenoxy) is 3. The molecule has 1 aliphatic rings. The van der Waals surface area contributed by atoms with E-state index >= 15 is 0 Å². The van der Waals surface area contributed by atoms with Crippen LogP contribution in [0.15, 0.2) is 84.3 Å². The molecule has 37 heavy (non-hydrogen) atoms. The molecule has 0 radical (unpaired) electrons. The molecular formula is C29H26INO4S2. The van der Waals surface area contributed by atoms with E-state index in [2.05, 4.69) is 29.2 Å². The number of hydrogen-bond donors (Lipinski definition) is 0. The summed E-state index contributed by atoms with van der Waals surface area (Å²) in [6.45, 7) is 5.00. The van der Waals surface area contributed by atoms with Gasteiger partial charge in [-0.3, -0.25) is 9.69 Å². The Hall–Kier alpha value is -2.82. The number of rotatable bonds is 11. The van der Waals surface area contributed by atoms with Crippen LogP contribution in [-0.2, 0) is 17.8 Å². The molecule has 1 amide bonds. The van der Waals surface area contributed by atoms with Crippen molar-refractivity contribution in [3.8, 4) is 17.2 Å². The van der Waals surface area contributed by atoms with Gasteiger partial charge in [0.2, 0.25) is 0 Å². The largest absolute Gasteiger partial charge is 0.493 e. The predicted octanol–water partition coefficient (Wildman–Crippen LogP) is 6.89. The summed E-state index contributed by atoms with van der Waals surface area (Å²) in [6.07, 6.45) is 4.45. The molecule has 1 aliphatic heterocycles. The maximum Gasteiger partial charge on any atom is 0.266 e. The lowest BCUT2D eigenvalue weighted by Gasteiger charge is -2.15. The molecular weight excluding hydrogens is 617 g/mol. The molecule has 5 nitrogen and oxygen atoms in total. The lowest BCUT2D eigenvalue weighted by atomic mass is 10.1. The average Bonchev–Trinajstić information content (AvgIpc) is 3.16. The Bertz CT molecular complexity index is 1330. The molecule has 0 aliphatic carbocycles. The Morgan fingerprint density at radius 3 is 2.51 bits per heavy atom. The minimum Gasteiger partial charge on any atom is -0.493 e. The Balaban J connectivity index is 1.42. The Labute approximate surface area is 240 Å². The van der Waals surface area contributed by atoms with Gasteiger partial charge in [0.15, 0.2) is 11.5 Å². The number of carbonyl (C=O) groups excluding carboxylic acids is 1. The summed E-state index contributed by atoms with van der Waals surface area (Å²) < 4.78 is 19.0. The van der Waals surface area contributed by atoms with E-state index in [0.717, 1.165) is 32.4 Å². The third-order valence-electron chi connectivity index (χ3n) is 5.53. The minimum atomic E-state index is -0.0953. The van der Waals surface area contributed by atoms with Crippen molar-refractivity contribution in [2.24, 2.45) is 0 Å². The zero-order chi connectivity index (χ0) is 26.2. The van der Waals surface area contributed by atoms with Gasteiger partial charge in [0, 0.05) is 0 Å². The van der Waals surface area contributed by atoms with Crippen molar-refractivity contribution in [1.29, 1.82) is 0 Å². The maximum atomic E-state index is 13.1. The van der Waals surface area contributed by atoms with Crippen LogP contribution in [-0.4, -0.2) is 35.5 Å². The number of halogens is 1. The second-order valence-corrected chi connectivity index (χ2v) is 10.9. The summed E-state index contributed by atoms with van der Waals surface area (Å²) in [6, 6.07) is 21.6. The number of para-hydroxylation sites is 1. The number of nitrogens with zero attached hydrogens (tertiary/aromatic N) is 1. The molecule has 0 bridgehead atoms. The maximum absolute atomic E-state index is 13.1. The van der Waals surface area contributed by atoms with Crippen LogP contribution in [0.3, 0.4) is 0 Å². The molecule has 0 unspecified atom stereocenters. The van der Waals surface area contributed by atoms with Gasteiger partial charge in [0.25, 0.3) is 5.91 Å². The quantitative estimate of drug-likeness (QED) is 0.0747. The third-order valence-corrected chi connectivity index (χ3v) is 7.71. The highest BCUT2D eigenvalue weighted by Crippen LogP contribution is 2.38. The van der Waals surface area contributed by atoms with Gasteiger partial charge in [-0.1, -0.05) is 78.6 Å². The monoisotopic (exact) mass is 643 g/mol. The second kappa shape index (κ2) is 13.1.